The van der Waals surface area contributed by atoms with Crippen LogP contribution in [0.3, 0.4) is 0 Å². The molecular weight excluding hydrogens is 260 g/mol. The summed E-state index contributed by atoms with van der Waals surface area (Å²) in [4.78, 5) is 4.85. The number of aliphatic hydroxyl groups excluding tert-OH is 1. The van der Waals surface area contributed by atoms with Crippen molar-refractivity contribution in [3.05, 3.63) is 35.4 Å². The molecule has 3 heteroatoms. The van der Waals surface area contributed by atoms with Crippen LogP contribution in [0, 0.1) is 0 Å². The first-order valence-electron chi connectivity index (χ1n) is 8.25. The van der Waals surface area contributed by atoms with Gasteiger partial charge in [0.2, 0.25) is 0 Å². The molecule has 0 spiro atoms. The fourth-order valence-corrected chi connectivity index (χ4v) is 4.28. The first-order valence-corrected chi connectivity index (χ1v) is 8.25. The Morgan fingerprint density at radius 1 is 1.24 bits per heavy atom. The normalized spacial score (nSPS) is 33.4. The summed E-state index contributed by atoms with van der Waals surface area (Å²) in [6.45, 7) is 4.53. The second-order valence-electron chi connectivity index (χ2n) is 7.07. The first-order chi connectivity index (χ1) is 10.1. The Morgan fingerprint density at radius 3 is 2.67 bits per heavy atom. The minimum atomic E-state index is -0.333. The number of fused-ring (bicyclic) bond motifs is 1. The van der Waals surface area contributed by atoms with Crippen molar-refractivity contribution >= 4 is 0 Å². The summed E-state index contributed by atoms with van der Waals surface area (Å²) in [5, 5.41) is 10.9. The molecule has 2 aliphatic rings. The lowest BCUT2D eigenvalue weighted by Gasteiger charge is -2.42. The van der Waals surface area contributed by atoms with Gasteiger partial charge in [-0.25, -0.2) is 0 Å². The van der Waals surface area contributed by atoms with E-state index in [-0.39, 0.29) is 12.1 Å². The zero-order valence-corrected chi connectivity index (χ0v) is 13.5. The Bertz CT molecular complexity index is 488. The lowest BCUT2D eigenvalue weighted by molar-refractivity contribution is 0.0194. The van der Waals surface area contributed by atoms with E-state index in [0.717, 1.165) is 25.1 Å². The van der Waals surface area contributed by atoms with E-state index in [2.05, 4.69) is 55.1 Å². The first kappa shape index (κ1) is 15.0. The number of hydrogen-bond donors (Lipinski definition) is 1. The third-order valence-electron chi connectivity index (χ3n) is 5.23. The SMILES string of the molecule is CC1CC(N2CCCC2CN(C)C)C(O)c2ccccc21. The van der Waals surface area contributed by atoms with Gasteiger partial charge in [0, 0.05) is 18.6 Å². The van der Waals surface area contributed by atoms with Crippen molar-refractivity contribution in [2.24, 2.45) is 0 Å². The average molecular weight is 288 g/mol. The number of aliphatic hydroxyl groups is 1. The van der Waals surface area contributed by atoms with E-state index < -0.39 is 0 Å². The van der Waals surface area contributed by atoms with E-state index in [1.54, 1.807) is 0 Å². The van der Waals surface area contributed by atoms with Crippen molar-refractivity contribution in [1.29, 1.82) is 0 Å². The van der Waals surface area contributed by atoms with E-state index in [0.29, 0.717) is 12.0 Å². The van der Waals surface area contributed by atoms with Crippen LogP contribution in [-0.2, 0) is 0 Å². The molecule has 0 aromatic heterocycles. The predicted molar refractivity (Wildman–Crippen MR) is 86.5 cm³/mol. The highest BCUT2D eigenvalue weighted by Gasteiger charge is 2.39. The van der Waals surface area contributed by atoms with Gasteiger partial charge in [0.1, 0.15) is 0 Å². The molecule has 1 aromatic carbocycles. The molecule has 1 saturated heterocycles. The summed E-state index contributed by atoms with van der Waals surface area (Å²) in [6.07, 6.45) is 3.26. The van der Waals surface area contributed by atoms with Gasteiger partial charge in [0.05, 0.1) is 6.10 Å². The van der Waals surface area contributed by atoms with Crippen LogP contribution in [0.4, 0.5) is 0 Å². The molecular formula is C18H28N2O. The van der Waals surface area contributed by atoms with Gasteiger partial charge in [-0.15, -0.1) is 0 Å². The molecule has 116 valence electrons. The summed E-state index contributed by atoms with van der Waals surface area (Å²) in [5.74, 6) is 0.537. The molecule has 4 atom stereocenters. The van der Waals surface area contributed by atoms with Crippen LogP contribution < -0.4 is 0 Å². The number of likely N-dealkylation sites (tertiary alicyclic amines) is 1. The van der Waals surface area contributed by atoms with E-state index >= 15 is 0 Å². The second-order valence-corrected chi connectivity index (χ2v) is 7.07. The summed E-state index contributed by atoms with van der Waals surface area (Å²) >= 11 is 0. The Balaban J connectivity index is 1.83. The number of nitrogens with zero attached hydrogens (tertiary/aromatic N) is 2. The van der Waals surface area contributed by atoms with Crippen LogP contribution in [0.25, 0.3) is 0 Å². The highest BCUT2D eigenvalue weighted by Crippen LogP contribution is 2.41. The molecule has 0 bridgehead atoms. The van der Waals surface area contributed by atoms with Crippen molar-refractivity contribution in [3.63, 3.8) is 0 Å². The highest BCUT2D eigenvalue weighted by atomic mass is 16.3. The summed E-state index contributed by atoms with van der Waals surface area (Å²) < 4.78 is 0. The fourth-order valence-electron chi connectivity index (χ4n) is 4.28. The smallest absolute Gasteiger partial charge is 0.0948 e. The Hall–Kier alpha value is -0.900. The fraction of sp³-hybridized carbons (Fsp3) is 0.667. The van der Waals surface area contributed by atoms with Gasteiger partial charge in [-0.2, -0.15) is 0 Å². The molecule has 1 aliphatic carbocycles. The molecule has 1 aromatic rings. The molecule has 3 nitrogen and oxygen atoms in total. The van der Waals surface area contributed by atoms with E-state index in [9.17, 15) is 5.11 Å². The molecule has 21 heavy (non-hydrogen) atoms. The summed E-state index contributed by atoms with van der Waals surface area (Å²) in [7, 11) is 4.29. The van der Waals surface area contributed by atoms with E-state index in [1.165, 1.54) is 18.4 Å². The second kappa shape index (κ2) is 6.07. The maximum absolute atomic E-state index is 10.9. The van der Waals surface area contributed by atoms with Crippen molar-refractivity contribution in [1.82, 2.24) is 9.80 Å². The summed E-state index contributed by atoms with van der Waals surface area (Å²) in [5.41, 5.74) is 2.49. The molecule has 4 unspecified atom stereocenters. The van der Waals surface area contributed by atoms with E-state index in [4.69, 9.17) is 0 Å². The van der Waals surface area contributed by atoms with Gasteiger partial charge >= 0.3 is 0 Å². The van der Waals surface area contributed by atoms with Crippen LogP contribution in [0.1, 0.15) is 49.3 Å². The minimum absolute atomic E-state index is 0.280. The average Bonchev–Trinajstić information content (AvgIpc) is 2.90. The van der Waals surface area contributed by atoms with Crippen LogP contribution in [0.15, 0.2) is 24.3 Å². The molecule has 1 N–H and O–H groups in total. The third-order valence-corrected chi connectivity index (χ3v) is 5.23. The number of hydrogen-bond acceptors (Lipinski definition) is 3. The van der Waals surface area contributed by atoms with Gasteiger partial charge < -0.3 is 10.0 Å². The maximum atomic E-state index is 10.9. The van der Waals surface area contributed by atoms with Gasteiger partial charge in [0.15, 0.2) is 0 Å². The zero-order valence-electron chi connectivity index (χ0n) is 13.5. The van der Waals surface area contributed by atoms with Gasteiger partial charge in [-0.3, -0.25) is 4.90 Å². The third kappa shape index (κ3) is 2.87. The van der Waals surface area contributed by atoms with Crippen LogP contribution in [-0.4, -0.2) is 54.2 Å². The lowest BCUT2D eigenvalue weighted by atomic mass is 9.78. The maximum Gasteiger partial charge on any atom is 0.0948 e. The molecule has 0 saturated carbocycles. The Labute approximate surface area is 128 Å². The van der Waals surface area contributed by atoms with Crippen molar-refractivity contribution in [2.45, 2.75) is 50.3 Å². The summed E-state index contributed by atoms with van der Waals surface area (Å²) in [6, 6.07) is 9.31. The van der Waals surface area contributed by atoms with Crippen molar-refractivity contribution in [2.75, 3.05) is 27.2 Å². The van der Waals surface area contributed by atoms with E-state index in [1.807, 2.05) is 0 Å². The number of benzene rings is 1. The highest BCUT2D eigenvalue weighted by molar-refractivity contribution is 5.35. The molecule has 1 aliphatic heterocycles. The van der Waals surface area contributed by atoms with Gasteiger partial charge in [-0.1, -0.05) is 31.2 Å². The van der Waals surface area contributed by atoms with Crippen molar-refractivity contribution < 1.29 is 5.11 Å². The minimum Gasteiger partial charge on any atom is -0.387 e. The molecule has 1 heterocycles. The quantitative estimate of drug-likeness (QED) is 0.926. The van der Waals surface area contributed by atoms with Crippen LogP contribution >= 0.6 is 0 Å². The van der Waals surface area contributed by atoms with Gasteiger partial charge in [-0.05, 0) is 56.9 Å². The number of likely N-dealkylation sites (N-methyl/N-ethyl adjacent to an activating group) is 1. The molecule has 3 rings (SSSR count). The largest absolute Gasteiger partial charge is 0.387 e. The van der Waals surface area contributed by atoms with Crippen LogP contribution in [0.5, 0.6) is 0 Å². The molecule has 1 fully saturated rings. The van der Waals surface area contributed by atoms with Crippen LogP contribution in [0.2, 0.25) is 0 Å². The predicted octanol–water partition coefficient (Wildman–Crippen LogP) is 2.62. The Kier molecular flexibility index (Phi) is 4.34. The number of rotatable bonds is 3. The zero-order chi connectivity index (χ0) is 15.0. The van der Waals surface area contributed by atoms with Gasteiger partial charge in [0.25, 0.3) is 0 Å². The lowest BCUT2D eigenvalue weighted by Crippen LogP contribution is -2.48. The molecule has 0 amide bonds. The Morgan fingerprint density at radius 2 is 1.95 bits per heavy atom. The molecule has 0 radical (unpaired) electrons. The monoisotopic (exact) mass is 288 g/mol. The van der Waals surface area contributed by atoms with Crippen molar-refractivity contribution in [3.8, 4) is 0 Å². The topological polar surface area (TPSA) is 26.7 Å². The standard InChI is InChI=1S/C18H28N2O/c1-13-11-17(18(21)16-9-5-4-8-15(13)16)20-10-6-7-14(20)12-19(2)3/h4-5,8-9,13-14,17-18,21H,6-7,10-12H2,1-3H3.